The Morgan fingerprint density at radius 2 is 2.44 bits per heavy atom. The molecule has 86 valence electrons. The Hall–Kier alpha value is -0.850. The van der Waals surface area contributed by atoms with Gasteiger partial charge in [-0.3, -0.25) is 4.79 Å². The second-order valence-electron chi connectivity index (χ2n) is 3.23. The number of rotatable bonds is 4. The highest BCUT2D eigenvalue weighted by Crippen LogP contribution is 2.23. The van der Waals surface area contributed by atoms with Crippen molar-refractivity contribution >= 4 is 33.3 Å². The second kappa shape index (κ2) is 4.99. The summed E-state index contributed by atoms with van der Waals surface area (Å²) in [6.07, 6.45) is 0.916. The third-order valence-electron chi connectivity index (χ3n) is 2.11. The molecule has 0 atom stereocenters. The highest BCUT2D eigenvalue weighted by molar-refractivity contribution is 7.99. The van der Waals surface area contributed by atoms with Crippen molar-refractivity contribution in [3.05, 3.63) is 21.3 Å². The van der Waals surface area contributed by atoms with E-state index < -0.39 is 0 Å². The van der Waals surface area contributed by atoms with Crippen LogP contribution in [0.4, 0.5) is 0 Å². The van der Waals surface area contributed by atoms with Crippen LogP contribution in [0, 0.1) is 0 Å². The molecule has 0 aromatic carbocycles. The fourth-order valence-electron chi connectivity index (χ4n) is 1.35. The van der Waals surface area contributed by atoms with E-state index >= 15 is 0 Å². The zero-order valence-corrected chi connectivity index (χ0v) is 10.5. The Bertz CT molecular complexity index is 547. The van der Waals surface area contributed by atoms with E-state index in [1.54, 1.807) is 11.3 Å². The van der Waals surface area contributed by atoms with E-state index in [4.69, 9.17) is 5.11 Å². The van der Waals surface area contributed by atoms with E-state index in [0.29, 0.717) is 16.3 Å². The van der Waals surface area contributed by atoms with E-state index in [1.807, 2.05) is 6.07 Å². The van der Waals surface area contributed by atoms with Gasteiger partial charge in [0.25, 0.3) is 5.56 Å². The summed E-state index contributed by atoms with van der Waals surface area (Å²) in [5.74, 6) is 0.542. The molecule has 0 saturated heterocycles. The van der Waals surface area contributed by atoms with Crippen LogP contribution in [-0.2, 0) is 6.42 Å². The van der Waals surface area contributed by atoms with E-state index in [9.17, 15) is 4.79 Å². The van der Waals surface area contributed by atoms with Gasteiger partial charge in [-0.2, -0.15) is 0 Å². The molecule has 0 spiro atoms. The predicted octanol–water partition coefficient (Wildman–Crippen LogP) is 1.63. The molecule has 2 aromatic rings. The Morgan fingerprint density at radius 1 is 1.62 bits per heavy atom. The zero-order valence-electron chi connectivity index (χ0n) is 8.82. The average Bonchev–Trinajstić information content (AvgIpc) is 2.70. The first-order valence-corrected chi connectivity index (χ1v) is 6.81. The van der Waals surface area contributed by atoms with Crippen LogP contribution in [0.5, 0.6) is 0 Å². The van der Waals surface area contributed by atoms with Crippen LogP contribution < -0.4 is 5.56 Å². The normalized spacial score (nSPS) is 11.1. The van der Waals surface area contributed by atoms with Gasteiger partial charge in [0.15, 0.2) is 5.16 Å². The molecule has 0 radical (unpaired) electrons. The number of aromatic amines is 1. The minimum absolute atomic E-state index is 0.0804. The van der Waals surface area contributed by atoms with Gasteiger partial charge < -0.3 is 10.1 Å². The van der Waals surface area contributed by atoms with Gasteiger partial charge in [-0.25, -0.2) is 4.98 Å². The number of aromatic nitrogens is 2. The van der Waals surface area contributed by atoms with Crippen molar-refractivity contribution in [1.29, 1.82) is 0 Å². The van der Waals surface area contributed by atoms with E-state index in [0.717, 1.165) is 16.1 Å². The van der Waals surface area contributed by atoms with Crippen LogP contribution in [0.2, 0.25) is 0 Å². The number of thioether (sulfide) groups is 1. The van der Waals surface area contributed by atoms with E-state index in [-0.39, 0.29) is 12.2 Å². The highest BCUT2D eigenvalue weighted by atomic mass is 32.2. The number of hydrogen-bond donors (Lipinski definition) is 2. The van der Waals surface area contributed by atoms with Crippen molar-refractivity contribution < 1.29 is 5.11 Å². The van der Waals surface area contributed by atoms with Crippen molar-refractivity contribution in [1.82, 2.24) is 9.97 Å². The summed E-state index contributed by atoms with van der Waals surface area (Å²) in [6.45, 7) is 2.14. The maximum Gasteiger partial charge on any atom is 0.260 e. The molecule has 0 unspecified atom stereocenters. The number of nitrogens with zero attached hydrogens (tertiary/aromatic N) is 1. The highest BCUT2D eigenvalue weighted by Gasteiger charge is 2.07. The fourth-order valence-corrected chi connectivity index (χ4v) is 2.98. The molecule has 4 nitrogen and oxygen atoms in total. The van der Waals surface area contributed by atoms with Crippen LogP contribution in [-0.4, -0.2) is 27.4 Å². The summed E-state index contributed by atoms with van der Waals surface area (Å²) >= 11 is 2.91. The molecular weight excluding hydrogens is 244 g/mol. The van der Waals surface area contributed by atoms with E-state index in [2.05, 4.69) is 16.9 Å². The summed E-state index contributed by atoms with van der Waals surface area (Å²) < 4.78 is 0. The molecule has 0 fully saturated rings. The molecule has 0 aliphatic rings. The SMILES string of the molecule is CCc1cc2c(=O)[nH]c(SCCO)nc2s1. The fraction of sp³-hybridized carbons (Fsp3) is 0.400. The molecule has 0 bridgehead atoms. The topological polar surface area (TPSA) is 66.0 Å². The Kier molecular flexibility index (Phi) is 3.63. The number of hydrogen-bond acceptors (Lipinski definition) is 5. The van der Waals surface area contributed by atoms with Gasteiger partial charge in [-0.1, -0.05) is 18.7 Å². The molecule has 2 rings (SSSR count). The third-order valence-corrected chi connectivity index (χ3v) is 4.14. The Balaban J connectivity index is 2.45. The van der Waals surface area contributed by atoms with Crippen LogP contribution >= 0.6 is 23.1 Å². The molecule has 6 heteroatoms. The van der Waals surface area contributed by atoms with Gasteiger partial charge in [-0.05, 0) is 12.5 Å². The molecule has 2 N–H and O–H groups in total. The van der Waals surface area contributed by atoms with Crippen LogP contribution in [0.1, 0.15) is 11.8 Å². The molecular formula is C10H12N2O2S2. The van der Waals surface area contributed by atoms with Crippen molar-refractivity contribution in [2.45, 2.75) is 18.5 Å². The molecule has 0 aliphatic carbocycles. The number of nitrogens with one attached hydrogen (secondary N) is 1. The second-order valence-corrected chi connectivity index (χ2v) is 5.43. The maximum atomic E-state index is 11.7. The third kappa shape index (κ3) is 2.28. The molecule has 0 aliphatic heterocycles. The van der Waals surface area contributed by atoms with Gasteiger partial charge in [0.05, 0.1) is 12.0 Å². The monoisotopic (exact) mass is 256 g/mol. The first-order valence-electron chi connectivity index (χ1n) is 5.01. The van der Waals surface area contributed by atoms with Crippen LogP contribution in [0.15, 0.2) is 16.0 Å². The predicted molar refractivity (Wildman–Crippen MR) is 67.4 cm³/mol. The summed E-state index contributed by atoms with van der Waals surface area (Å²) in [5.41, 5.74) is -0.0959. The Labute approximate surface area is 101 Å². The Morgan fingerprint density at radius 3 is 3.12 bits per heavy atom. The minimum Gasteiger partial charge on any atom is -0.396 e. The summed E-state index contributed by atoms with van der Waals surface area (Å²) in [4.78, 5) is 20.7. The molecule has 0 saturated carbocycles. The molecule has 16 heavy (non-hydrogen) atoms. The first-order chi connectivity index (χ1) is 7.74. The standard InChI is InChI=1S/C10H12N2O2S2/c1-2-6-5-7-8(14)11-10(15-4-3-13)12-9(7)16-6/h5,13H,2-4H2,1H3,(H,11,12,14). The lowest BCUT2D eigenvalue weighted by molar-refractivity contribution is 0.322. The van der Waals surface area contributed by atoms with Gasteiger partial charge >= 0.3 is 0 Å². The van der Waals surface area contributed by atoms with Crippen molar-refractivity contribution in [2.24, 2.45) is 0 Å². The number of fused-ring (bicyclic) bond motifs is 1. The van der Waals surface area contributed by atoms with Gasteiger partial charge in [-0.15, -0.1) is 11.3 Å². The number of aliphatic hydroxyl groups excluding tert-OH is 1. The summed E-state index contributed by atoms with van der Waals surface area (Å²) in [6, 6.07) is 1.90. The number of H-pyrrole nitrogens is 1. The van der Waals surface area contributed by atoms with Crippen molar-refractivity contribution in [3.63, 3.8) is 0 Å². The lowest BCUT2D eigenvalue weighted by Gasteiger charge is -1.97. The number of thiophene rings is 1. The zero-order chi connectivity index (χ0) is 11.5. The number of aliphatic hydroxyl groups is 1. The quantitative estimate of drug-likeness (QED) is 0.644. The first kappa shape index (κ1) is 11.6. The molecule has 2 heterocycles. The van der Waals surface area contributed by atoms with Crippen molar-refractivity contribution in [3.8, 4) is 0 Å². The molecule has 2 aromatic heterocycles. The lowest BCUT2D eigenvalue weighted by atomic mass is 10.3. The lowest BCUT2D eigenvalue weighted by Crippen LogP contribution is -2.07. The van der Waals surface area contributed by atoms with Crippen LogP contribution in [0.25, 0.3) is 10.2 Å². The van der Waals surface area contributed by atoms with Gasteiger partial charge in [0.2, 0.25) is 0 Å². The average molecular weight is 256 g/mol. The maximum absolute atomic E-state index is 11.7. The van der Waals surface area contributed by atoms with Gasteiger partial charge in [0, 0.05) is 10.6 Å². The van der Waals surface area contributed by atoms with Gasteiger partial charge in [0.1, 0.15) is 4.83 Å². The summed E-state index contributed by atoms with van der Waals surface area (Å²) in [7, 11) is 0. The largest absolute Gasteiger partial charge is 0.396 e. The van der Waals surface area contributed by atoms with Crippen molar-refractivity contribution in [2.75, 3.05) is 12.4 Å². The van der Waals surface area contributed by atoms with E-state index in [1.165, 1.54) is 11.8 Å². The summed E-state index contributed by atoms with van der Waals surface area (Å²) in [5, 5.41) is 9.96. The molecule has 0 amide bonds. The van der Waals surface area contributed by atoms with Crippen LogP contribution in [0.3, 0.4) is 0 Å². The minimum atomic E-state index is -0.0959. The smallest absolute Gasteiger partial charge is 0.260 e. The number of aryl methyl sites for hydroxylation is 1.